The molecule has 0 atom stereocenters. The van der Waals surface area contributed by atoms with Gasteiger partial charge in [-0.15, -0.1) is 5.11 Å². The molecule has 0 radical (unpaired) electrons. The van der Waals surface area contributed by atoms with Crippen LogP contribution < -0.4 is 0 Å². The molecule has 3 aromatic rings. The second-order valence-corrected chi connectivity index (χ2v) is 5.62. The van der Waals surface area contributed by atoms with Gasteiger partial charge in [0.2, 0.25) is 0 Å². The van der Waals surface area contributed by atoms with E-state index in [-0.39, 0.29) is 0 Å². The first-order valence-corrected chi connectivity index (χ1v) is 7.26. The Kier molecular flexibility index (Phi) is 3.81. The summed E-state index contributed by atoms with van der Waals surface area (Å²) in [4.78, 5) is 0. The lowest BCUT2D eigenvalue weighted by molar-refractivity contribution is 1.24. The number of nitrogens with zero attached hydrogens (tertiary/aromatic N) is 2. The predicted molar refractivity (Wildman–Crippen MR) is 87.3 cm³/mol. The minimum absolute atomic E-state index is 0.601. The summed E-state index contributed by atoms with van der Waals surface area (Å²) in [5.74, 6) is 0. The zero-order valence-corrected chi connectivity index (χ0v) is 12.8. The zero-order valence-electron chi connectivity index (χ0n) is 10.4. The second kappa shape index (κ2) is 5.73. The van der Waals surface area contributed by atoms with Crippen molar-refractivity contribution >= 4 is 49.7 Å². The molecule has 20 heavy (non-hydrogen) atoms. The normalized spacial score (nSPS) is 11.3. The molecule has 4 heteroatoms. The lowest BCUT2D eigenvalue weighted by Gasteiger charge is -2.03. The Balaban J connectivity index is 2.06. The van der Waals surface area contributed by atoms with Gasteiger partial charge in [-0.25, -0.2) is 0 Å². The SMILES string of the molecule is Clc1ccc2ccccc2c1N=Nc1ccc(Br)cc1. The van der Waals surface area contributed by atoms with Crippen LogP contribution in [0, 0.1) is 0 Å². The van der Waals surface area contributed by atoms with Crippen molar-refractivity contribution in [3.05, 3.63) is 70.2 Å². The van der Waals surface area contributed by atoms with E-state index in [1.165, 1.54) is 0 Å². The van der Waals surface area contributed by atoms with E-state index in [9.17, 15) is 0 Å². The molecule has 0 saturated carbocycles. The second-order valence-electron chi connectivity index (χ2n) is 4.29. The molecule has 0 amide bonds. The van der Waals surface area contributed by atoms with E-state index in [0.717, 1.165) is 20.9 Å². The Labute approximate surface area is 130 Å². The van der Waals surface area contributed by atoms with Crippen LogP contribution in [0.25, 0.3) is 10.8 Å². The van der Waals surface area contributed by atoms with Crippen molar-refractivity contribution < 1.29 is 0 Å². The van der Waals surface area contributed by atoms with Gasteiger partial charge in [-0.3, -0.25) is 0 Å². The van der Waals surface area contributed by atoms with E-state index in [1.54, 1.807) is 0 Å². The summed E-state index contributed by atoms with van der Waals surface area (Å²) in [6.45, 7) is 0. The third kappa shape index (κ3) is 2.74. The summed E-state index contributed by atoms with van der Waals surface area (Å²) in [5.41, 5.74) is 1.49. The molecule has 0 fully saturated rings. The molecule has 0 bridgehead atoms. The van der Waals surface area contributed by atoms with Gasteiger partial charge in [0.1, 0.15) is 5.69 Å². The monoisotopic (exact) mass is 344 g/mol. The molecule has 98 valence electrons. The molecule has 0 N–H and O–H groups in total. The number of azo groups is 1. The third-order valence-electron chi connectivity index (χ3n) is 2.94. The molecule has 3 rings (SSSR count). The van der Waals surface area contributed by atoms with Gasteiger partial charge >= 0.3 is 0 Å². The first-order chi connectivity index (χ1) is 9.74. The highest BCUT2D eigenvalue weighted by Gasteiger charge is 2.04. The average Bonchev–Trinajstić information content (AvgIpc) is 2.48. The van der Waals surface area contributed by atoms with Crippen molar-refractivity contribution in [1.29, 1.82) is 0 Å². The highest BCUT2D eigenvalue weighted by Crippen LogP contribution is 2.34. The van der Waals surface area contributed by atoms with Crippen LogP contribution in [0.4, 0.5) is 11.4 Å². The highest BCUT2D eigenvalue weighted by atomic mass is 79.9. The molecular formula is C16H10BrClN2. The van der Waals surface area contributed by atoms with Crippen LogP contribution in [0.2, 0.25) is 5.02 Å². The molecule has 3 aromatic carbocycles. The molecule has 0 aromatic heterocycles. The van der Waals surface area contributed by atoms with Crippen LogP contribution in [-0.4, -0.2) is 0 Å². The van der Waals surface area contributed by atoms with Gasteiger partial charge in [-0.2, -0.15) is 5.11 Å². The lowest BCUT2D eigenvalue weighted by atomic mass is 10.1. The van der Waals surface area contributed by atoms with E-state index in [1.807, 2.05) is 60.7 Å². The summed E-state index contributed by atoms with van der Waals surface area (Å²) < 4.78 is 1.01. The predicted octanol–water partition coefficient (Wildman–Crippen LogP) is 6.67. The maximum atomic E-state index is 6.23. The number of fused-ring (bicyclic) bond motifs is 1. The van der Waals surface area contributed by atoms with Gasteiger partial charge in [-0.05, 0) is 35.7 Å². The molecule has 0 aliphatic rings. The largest absolute Gasteiger partial charge is 0.151 e. The first kappa shape index (κ1) is 13.3. The number of halogens is 2. The summed E-state index contributed by atoms with van der Waals surface area (Å²) in [5, 5.41) is 11.3. The maximum absolute atomic E-state index is 6.23. The van der Waals surface area contributed by atoms with E-state index in [4.69, 9.17) is 11.6 Å². The summed E-state index contributed by atoms with van der Waals surface area (Å²) in [6, 6.07) is 19.5. The van der Waals surface area contributed by atoms with E-state index in [0.29, 0.717) is 10.7 Å². The fourth-order valence-corrected chi connectivity index (χ4v) is 2.41. The van der Waals surface area contributed by atoms with Crippen LogP contribution in [0.15, 0.2) is 75.4 Å². The lowest BCUT2D eigenvalue weighted by Crippen LogP contribution is -1.75. The maximum Gasteiger partial charge on any atom is 0.112 e. The Morgan fingerprint density at radius 2 is 1.55 bits per heavy atom. The van der Waals surface area contributed by atoms with E-state index < -0.39 is 0 Å². The minimum atomic E-state index is 0.601. The van der Waals surface area contributed by atoms with Crippen LogP contribution in [-0.2, 0) is 0 Å². The van der Waals surface area contributed by atoms with E-state index in [2.05, 4.69) is 26.2 Å². The van der Waals surface area contributed by atoms with Crippen molar-refractivity contribution in [3.8, 4) is 0 Å². The van der Waals surface area contributed by atoms with Crippen molar-refractivity contribution in [3.63, 3.8) is 0 Å². The Bertz CT molecular complexity index is 782. The molecule has 0 unspecified atom stereocenters. The van der Waals surface area contributed by atoms with Crippen LogP contribution in [0.3, 0.4) is 0 Å². The Morgan fingerprint density at radius 1 is 0.800 bits per heavy atom. The molecule has 0 aliphatic heterocycles. The van der Waals surface area contributed by atoms with Gasteiger partial charge in [0.05, 0.1) is 10.7 Å². The fraction of sp³-hybridized carbons (Fsp3) is 0. The molecule has 0 spiro atoms. The summed E-state index contributed by atoms with van der Waals surface area (Å²) in [7, 11) is 0. The van der Waals surface area contributed by atoms with Crippen molar-refractivity contribution in [2.24, 2.45) is 10.2 Å². The van der Waals surface area contributed by atoms with Crippen LogP contribution in [0.5, 0.6) is 0 Å². The molecule has 0 aliphatic carbocycles. The average molecular weight is 346 g/mol. The summed E-state index contributed by atoms with van der Waals surface area (Å²) >= 11 is 9.63. The Hall–Kier alpha value is -1.71. The van der Waals surface area contributed by atoms with Gasteiger partial charge < -0.3 is 0 Å². The van der Waals surface area contributed by atoms with Gasteiger partial charge in [0, 0.05) is 9.86 Å². The van der Waals surface area contributed by atoms with E-state index >= 15 is 0 Å². The van der Waals surface area contributed by atoms with Gasteiger partial charge in [0.15, 0.2) is 0 Å². The standard InChI is InChI=1S/C16H10BrClN2/c17-12-6-8-13(9-7-12)19-20-16-14-4-2-1-3-11(14)5-10-15(16)18/h1-10H. The van der Waals surface area contributed by atoms with Crippen molar-refractivity contribution in [2.75, 3.05) is 0 Å². The zero-order chi connectivity index (χ0) is 13.9. The summed E-state index contributed by atoms with van der Waals surface area (Å²) in [6.07, 6.45) is 0. The topological polar surface area (TPSA) is 24.7 Å². The smallest absolute Gasteiger partial charge is 0.112 e. The number of rotatable bonds is 2. The van der Waals surface area contributed by atoms with Gasteiger partial charge in [0.25, 0.3) is 0 Å². The number of hydrogen-bond acceptors (Lipinski definition) is 2. The Morgan fingerprint density at radius 3 is 2.35 bits per heavy atom. The highest BCUT2D eigenvalue weighted by molar-refractivity contribution is 9.10. The van der Waals surface area contributed by atoms with Crippen LogP contribution in [0.1, 0.15) is 0 Å². The fourth-order valence-electron chi connectivity index (χ4n) is 1.95. The molecule has 0 saturated heterocycles. The molecule has 0 heterocycles. The quantitative estimate of drug-likeness (QED) is 0.463. The molecule has 2 nitrogen and oxygen atoms in total. The number of hydrogen-bond donors (Lipinski definition) is 0. The molecular weight excluding hydrogens is 336 g/mol. The number of benzene rings is 3. The first-order valence-electron chi connectivity index (χ1n) is 6.08. The van der Waals surface area contributed by atoms with Crippen molar-refractivity contribution in [2.45, 2.75) is 0 Å². The van der Waals surface area contributed by atoms with Crippen molar-refractivity contribution in [1.82, 2.24) is 0 Å². The minimum Gasteiger partial charge on any atom is -0.151 e. The van der Waals surface area contributed by atoms with Crippen LogP contribution >= 0.6 is 27.5 Å². The third-order valence-corrected chi connectivity index (χ3v) is 3.78. The van der Waals surface area contributed by atoms with Gasteiger partial charge in [-0.1, -0.05) is 57.9 Å².